The van der Waals surface area contributed by atoms with E-state index < -0.39 is 0 Å². The SMILES string of the molecule is c1ccc(N2c3cc4c(cc3B3c5oc6ccccc6c5N(c5ccccc5)c5cccc2c53)c2cccc3c5ccccc5n4c32)cc1. The average Bonchev–Trinajstić information content (AvgIpc) is 3.82. The Kier molecular flexibility index (Phi) is 4.77. The molecular formula is C44H26BN3O. The van der Waals surface area contributed by atoms with Gasteiger partial charge in [0, 0.05) is 55.4 Å². The second kappa shape index (κ2) is 9.12. The minimum absolute atomic E-state index is 0.0928. The molecule has 0 N–H and O–H groups in total. The third-order valence-corrected chi connectivity index (χ3v) is 10.9. The Labute approximate surface area is 282 Å². The molecule has 0 saturated carbocycles. The first-order valence-corrected chi connectivity index (χ1v) is 16.9. The van der Waals surface area contributed by atoms with Gasteiger partial charge in [-0.05, 0) is 71.6 Å². The molecule has 0 aliphatic carbocycles. The topological polar surface area (TPSA) is 24.0 Å². The van der Waals surface area contributed by atoms with E-state index in [0.717, 1.165) is 33.7 Å². The summed E-state index contributed by atoms with van der Waals surface area (Å²) in [4.78, 5) is 4.88. The maximum Gasteiger partial charge on any atom is 0.297 e. The first-order chi connectivity index (χ1) is 24.3. The van der Waals surface area contributed by atoms with Gasteiger partial charge in [-0.15, -0.1) is 0 Å². The molecule has 49 heavy (non-hydrogen) atoms. The monoisotopic (exact) mass is 623 g/mol. The molecule has 5 heterocycles. The van der Waals surface area contributed by atoms with E-state index in [-0.39, 0.29) is 6.71 Å². The number of nitrogens with zero attached hydrogens (tertiary/aromatic N) is 3. The molecule has 0 saturated heterocycles. The highest BCUT2D eigenvalue weighted by Gasteiger charge is 2.46. The van der Waals surface area contributed by atoms with Gasteiger partial charge in [0.05, 0.1) is 27.9 Å². The molecule has 0 radical (unpaired) electrons. The van der Waals surface area contributed by atoms with Crippen molar-refractivity contribution in [2.45, 2.75) is 0 Å². The third kappa shape index (κ3) is 3.15. The van der Waals surface area contributed by atoms with E-state index in [1.54, 1.807) is 0 Å². The zero-order valence-corrected chi connectivity index (χ0v) is 26.3. The van der Waals surface area contributed by atoms with Crippen LogP contribution in [0.15, 0.2) is 162 Å². The van der Waals surface area contributed by atoms with Crippen LogP contribution in [-0.4, -0.2) is 11.1 Å². The highest BCUT2D eigenvalue weighted by atomic mass is 16.3. The molecule has 226 valence electrons. The summed E-state index contributed by atoms with van der Waals surface area (Å²) in [5.74, 6) is 0. The molecular weight excluding hydrogens is 597 g/mol. The van der Waals surface area contributed by atoms with Crippen molar-refractivity contribution in [3.63, 3.8) is 0 Å². The normalized spacial score (nSPS) is 13.6. The molecule has 3 aromatic heterocycles. The van der Waals surface area contributed by atoms with Crippen molar-refractivity contribution in [1.29, 1.82) is 0 Å². The van der Waals surface area contributed by atoms with Crippen molar-refractivity contribution in [3.8, 4) is 0 Å². The van der Waals surface area contributed by atoms with Crippen molar-refractivity contribution in [2.24, 2.45) is 0 Å². The number of aromatic nitrogens is 1. The lowest BCUT2D eigenvalue weighted by molar-refractivity contribution is 0.651. The minimum atomic E-state index is -0.0928. The Hall–Kier alpha value is -6.46. The summed E-state index contributed by atoms with van der Waals surface area (Å²) in [5, 5.41) is 6.25. The molecule has 10 aromatic rings. The zero-order chi connectivity index (χ0) is 31.8. The van der Waals surface area contributed by atoms with Crippen LogP contribution in [0.1, 0.15) is 0 Å². The van der Waals surface area contributed by atoms with Crippen molar-refractivity contribution in [1.82, 2.24) is 4.40 Å². The van der Waals surface area contributed by atoms with E-state index in [1.807, 2.05) is 0 Å². The van der Waals surface area contributed by atoms with Gasteiger partial charge in [-0.3, -0.25) is 0 Å². The zero-order valence-electron chi connectivity index (χ0n) is 26.3. The van der Waals surface area contributed by atoms with Gasteiger partial charge in [0.1, 0.15) is 5.58 Å². The van der Waals surface area contributed by atoms with E-state index >= 15 is 0 Å². The molecule has 0 spiro atoms. The summed E-state index contributed by atoms with van der Waals surface area (Å²) in [7, 11) is 0. The van der Waals surface area contributed by atoms with Crippen LogP contribution in [0.2, 0.25) is 0 Å². The van der Waals surface area contributed by atoms with Gasteiger partial charge >= 0.3 is 0 Å². The third-order valence-electron chi connectivity index (χ3n) is 10.9. The smallest absolute Gasteiger partial charge is 0.297 e. The van der Waals surface area contributed by atoms with Crippen molar-refractivity contribution < 1.29 is 4.42 Å². The molecule has 5 heteroatoms. The lowest BCUT2D eigenvalue weighted by atomic mass is 9.35. The first kappa shape index (κ1) is 25.6. The molecule has 12 rings (SSSR count). The average molecular weight is 624 g/mol. The van der Waals surface area contributed by atoms with Gasteiger partial charge < -0.3 is 18.6 Å². The summed E-state index contributed by atoms with van der Waals surface area (Å²) in [6.45, 7) is -0.0928. The molecule has 0 fully saturated rings. The molecule has 7 aromatic carbocycles. The van der Waals surface area contributed by atoms with Gasteiger partial charge in [0.2, 0.25) is 0 Å². The number of anilines is 6. The lowest BCUT2D eigenvalue weighted by Gasteiger charge is -2.42. The number of para-hydroxylation sites is 5. The second-order valence-electron chi connectivity index (χ2n) is 13.3. The maximum atomic E-state index is 7.01. The quantitative estimate of drug-likeness (QED) is 0.179. The van der Waals surface area contributed by atoms with Crippen LogP contribution < -0.4 is 26.4 Å². The van der Waals surface area contributed by atoms with Crippen molar-refractivity contribution >= 4 is 106 Å². The number of fused-ring (bicyclic) bond motifs is 12. The number of rotatable bonds is 2. The Bertz CT molecular complexity index is 2960. The molecule has 2 aliphatic heterocycles. The van der Waals surface area contributed by atoms with E-state index in [1.165, 1.54) is 66.1 Å². The second-order valence-corrected chi connectivity index (χ2v) is 13.3. The fourth-order valence-electron chi connectivity index (χ4n) is 8.99. The Morgan fingerprint density at radius 3 is 1.86 bits per heavy atom. The number of benzene rings is 7. The van der Waals surface area contributed by atoms with Crippen LogP contribution in [0.5, 0.6) is 0 Å². The Morgan fingerprint density at radius 1 is 0.449 bits per heavy atom. The molecule has 4 nitrogen and oxygen atoms in total. The van der Waals surface area contributed by atoms with Gasteiger partial charge in [-0.1, -0.05) is 97.1 Å². The van der Waals surface area contributed by atoms with Crippen LogP contribution >= 0.6 is 0 Å². The molecule has 0 atom stereocenters. The molecule has 2 aliphatic rings. The maximum absolute atomic E-state index is 7.01. The first-order valence-electron chi connectivity index (χ1n) is 16.9. The van der Waals surface area contributed by atoms with Gasteiger partial charge in [0.25, 0.3) is 6.71 Å². The molecule has 0 unspecified atom stereocenters. The van der Waals surface area contributed by atoms with Crippen LogP contribution in [0.25, 0.3) is 49.1 Å². The van der Waals surface area contributed by atoms with Gasteiger partial charge in [0.15, 0.2) is 0 Å². The highest BCUT2D eigenvalue weighted by molar-refractivity contribution is 7.00. The summed E-state index contributed by atoms with van der Waals surface area (Å²) in [6.07, 6.45) is 0. The van der Waals surface area contributed by atoms with E-state index in [2.05, 4.69) is 172 Å². The van der Waals surface area contributed by atoms with Gasteiger partial charge in [-0.2, -0.15) is 0 Å². The summed E-state index contributed by atoms with van der Waals surface area (Å²) in [6, 6.07) is 57.3. The fraction of sp³-hybridized carbons (Fsp3) is 0. The van der Waals surface area contributed by atoms with Crippen LogP contribution in [0, 0.1) is 0 Å². The fourth-order valence-corrected chi connectivity index (χ4v) is 8.99. The van der Waals surface area contributed by atoms with Crippen molar-refractivity contribution in [3.05, 3.63) is 158 Å². The predicted molar refractivity (Wildman–Crippen MR) is 205 cm³/mol. The Balaban J connectivity index is 1.26. The van der Waals surface area contributed by atoms with Crippen LogP contribution in [-0.2, 0) is 0 Å². The summed E-state index contributed by atoms with van der Waals surface area (Å²) >= 11 is 0. The van der Waals surface area contributed by atoms with E-state index in [4.69, 9.17) is 4.42 Å². The van der Waals surface area contributed by atoms with Gasteiger partial charge in [-0.25, -0.2) is 0 Å². The molecule has 0 bridgehead atoms. The molecule has 0 amide bonds. The summed E-state index contributed by atoms with van der Waals surface area (Å²) < 4.78 is 9.49. The van der Waals surface area contributed by atoms with Crippen LogP contribution in [0.3, 0.4) is 0 Å². The van der Waals surface area contributed by atoms with Crippen LogP contribution in [0.4, 0.5) is 34.1 Å². The largest absolute Gasteiger partial charge is 0.468 e. The summed E-state index contributed by atoms with van der Waals surface area (Å²) in [5.41, 5.74) is 15.1. The standard InChI is InChI=1S/C44H26BN3O/c1-3-13-27(14-4-1)46-36-22-12-23-37-41(36)45(44-43(32-18-8-10-24-40(32)49-44)47(37)28-15-5-2-6-16-28)34-25-33-31-20-11-19-30-29-17-7-9-21-35(29)48(42(30)31)38(33)26-39(34)46/h1-26H. The van der Waals surface area contributed by atoms with E-state index in [0.29, 0.717) is 0 Å². The number of furan rings is 1. The Morgan fingerprint density at radius 2 is 1.06 bits per heavy atom. The predicted octanol–water partition coefficient (Wildman–Crippen LogP) is 9.67. The number of hydrogen-bond donors (Lipinski definition) is 0. The lowest BCUT2D eigenvalue weighted by Crippen LogP contribution is -2.60. The minimum Gasteiger partial charge on any atom is -0.468 e. The van der Waals surface area contributed by atoms with E-state index in [9.17, 15) is 0 Å². The highest BCUT2D eigenvalue weighted by Crippen LogP contribution is 2.48. The number of hydrogen-bond acceptors (Lipinski definition) is 3. The van der Waals surface area contributed by atoms with Crippen molar-refractivity contribution in [2.75, 3.05) is 9.80 Å².